The SMILES string of the molecule is CC(C)(C)c1ccc(-c2nnc3n2CN(Cc2cccnc2)CS3)cc1. The summed E-state index contributed by atoms with van der Waals surface area (Å²) in [6, 6.07) is 12.8. The Kier molecular flexibility index (Phi) is 4.54. The Morgan fingerprint density at radius 3 is 2.58 bits per heavy atom. The molecule has 0 aliphatic carbocycles. The van der Waals surface area contributed by atoms with Crippen LogP contribution >= 0.6 is 11.8 Å². The maximum absolute atomic E-state index is 4.45. The lowest BCUT2D eigenvalue weighted by molar-refractivity contribution is 0.231. The minimum absolute atomic E-state index is 0.152. The van der Waals surface area contributed by atoms with Gasteiger partial charge in [0.1, 0.15) is 0 Å². The zero-order valence-corrected chi connectivity index (χ0v) is 16.2. The van der Waals surface area contributed by atoms with Crippen molar-refractivity contribution in [2.75, 3.05) is 5.88 Å². The van der Waals surface area contributed by atoms with Crippen molar-refractivity contribution in [1.82, 2.24) is 24.6 Å². The number of thioether (sulfide) groups is 1. The molecule has 1 aromatic carbocycles. The van der Waals surface area contributed by atoms with Gasteiger partial charge >= 0.3 is 0 Å². The zero-order valence-electron chi connectivity index (χ0n) is 15.4. The molecule has 0 saturated heterocycles. The summed E-state index contributed by atoms with van der Waals surface area (Å²) in [6.07, 6.45) is 3.74. The van der Waals surface area contributed by atoms with Gasteiger partial charge in [-0.05, 0) is 22.6 Å². The van der Waals surface area contributed by atoms with E-state index in [1.54, 1.807) is 11.8 Å². The second kappa shape index (κ2) is 6.85. The molecule has 0 radical (unpaired) electrons. The van der Waals surface area contributed by atoms with Gasteiger partial charge in [-0.3, -0.25) is 14.5 Å². The van der Waals surface area contributed by atoms with E-state index < -0.39 is 0 Å². The predicted molar refractivity (Wildman–Crippen MR) is 105 cm³/mol. The van der Waals surface area contributed by atoms with Gasteiger partial charge in [-0.25, -0.2) is 0 Å². The summed E-state index contributed by atoms with van der Waals surface area (Å²) in [5, 5.41) is 9.83. The van der Waals surface area contributed by atoms with Gasteiger partial charge in [-0.1, -0.05) is 62.9 Å². The Morgan fingerprint density at radius 1 is 1.08 bits per heavy atom. The minimum Gasteiger partial charge on any atom is -0.288 e. The van der Waals surface area contributed by atoms with Gasteiger partial charge in [0.25, 0.3) is 0 Å². The number of rotatable bonds is 3. The van der Waals surface area contributed by atoms with Gasteiger partial charge in [0.05, 0.1) is 12.5 Å². The van der Waals surface area contributed by atoms with Crippen molar-refractivity contribution < 1.29 is 0 Å². The van der Waals surface area contributed by atoms with E-state index in [-0.39, 0.29) is 5.41 Å². The molecular formula is C20H23N5S. The zero-order chi connectivity index (χ0) is 18.1. The fourth-order valence-electron chi connectivity index (χ4n) is 3.09. The third-order valence-corrected chi connectivity index (χ3v) is 5.63. The number of nitrogens with zero attached hydrogens (tertiary/aromatic N) is 5. The van der Waals surface area contributed by atoms with E-state index in [0.717, 1.165) is 35.6 Å². The van der Waals surface area contributed by atoms with Gasteiger partial charge in [0.2, 0.25) is 0 Å². The van der Waals surface area contributed by atoms with E-state index in [1.807, 2.05) is 18.5 Å². The van der Waals surface area contributed by atoms with Gasteiger partial charge < -0.3 is 0 Å². The second-order valence-electron chi connectivity index (χ2n) is 7.67. The van der Waals surface area contributed by atoms with Crippen molar-refractivity contribution in [3.8, 4) is 11.4 Å². The standard InChI is InChI=1S/C20H23N5S/c1-20(2,3)17-8-6-16(7-9-17)18-22-23-19-25(18)13-24(14-26-19)12-15-5-4-10-21-11-15/h4-11H,12-14H2,1-3H3. The van der Waals surface area contributed by atoms with Crippen molar-refractivity contribution >= 4 is 11.8 Å². The molecule has 0 spiro atoms. The molecule has 0 unspecified atom stereocenters. The Hall–Kier alpha value is -2.18. The molecule has 0 amide bonds. The van der Waals surface area contributed by atoms with E-state index in [1.165, 1.54) is 11.1 Å². The van der Waals surface area contributed by atoms with Crippen LogP contribution in [-0.4, -0.2) is 30.5 Å². The molecule has 4 rings (SSSR count). The summed E-state index contributed by atoms with van der Waals surface area (Å²) in [5.74, 6) is 1.85. The molecule has 0 atom stereocenters. The molecule has 5 nitrogen and oxygen atoms in total. The Balaban J connectivity index is 1.57. The molecule has 6 heteroatoms. The monoisotopic (exact) mass is 365 g/mol. The van der Waals surface area contributed by atoms with E-state index in [0.29, 0.717) is 0 Å². The summed E-state index contributed by atoms with van der Waals surface area (Å²) in [5.41, 5.74) is 3.81. The average Bonchev–Trinajstić information content (AvgIpc) is 3.05. The molecule has 0 bridgehead atoms. The van der Waals surface area contributed by atoms with Crippen LogP contribution in [0.4, 0.5) is 0 Å². The number of aromatic nitrogens is 4. The van der Waals surface area contributed by atoms with Crippen LogP contribution in [0.5, 0.6) is 0 Å². The first kappa shape index (κ1) is 17.2. The van der Waals surface area contributed by atoms with Crippen LogP contribution in [0.15, 0.2) is 53.9 Å². The van der Waals surface area contributed by atoms with Gasteiger partial charge in [0, 0.05) is 24.5 Å². The van der Waals surface area contributed by atoms with E-state index in [9.17, 15) is 0 Å². The molecule has 2 aromatic heterocycles. The molecule has 3 heterocycles. The highest BCUT2D eigenvalue weighted by Crippen LogP contribution is 2.31. The molecule has 0 N–H and O–H groups in total. The van der Waals surface area contributed by atoms with E-state index in [2.05, 4.69) is 75.8 Å². The van der Waals surface area contributed by atoms with E-state index in [4.69, 9.17) is 0 Å². The Bertz CT molecular complexity index is 881. The minimum atomic E-state index is 0.152. The summed E-state index contributed by atoms with van der Waals surface area (Å²) < 4.78 is 2.20. The van der Waals surface area contributed by atoms with Crippen molar-refractivity contribution in [3.63, 3.8) is 0 Å². The topological polar surface area (TPSA) is 46.8 Å². The van der Waals surface area contributed by atoms with Crippen LogP contribution < -0.4 is 0 Å². The molecular weight excluding hydrogens is 342 g/mol. The van der Waals surface area contributed by atoms with Gasteiger partial charge in [0.15, 0.2) is 11.0 Å². The van der Waals surface area contributed by atoms with Crippen molar-refractivity contribution in [3.05, 3.63) is 59.9 Å². The van der Waals surface area contributed by atoms with Gasteiger partial charge in [-0.15, -0.1) is 10.2 Å². The highest BCUT2D eigenvalue weighted by atomic mass is 32.2. The van der Waals surface area contributed by atoms with Crippen LogP contribution in [0.3, 0.4) is 0 Å². The third kappa shape index (κ3) is 3.52. The largest absolute Gasteiger partial charge is 0.288 e. The third-order valence-electron chi connectivity index (χ3n) is 4.57. The Morgan fingerprint density at radius 2 is 1.88 bits per heavy atom. The lowest BCUT2D eigenvalue weighted by Gasteiger charge is -2.27. The summed E-state index contributed by atoms with van der Waals surface area (Å²) >= 11 is 1.73. The van der Waals surface area contributed by atoms with Crippen LogP contribution in [0.1, 0.15) is 31.9 Å². The number of pyridine rings is 1. The first-order valence-electron chi connectivity index (χ1n) is 8.79. The van der Waals surface area contributed by atoms with Crippen LogP contribution in [0.2, 0.25) is 0 Å². The van der Waals surface area contributed by atoms with Crippen LogP contribution in [0.25, 0.3) is 11.4 Å². The van der Waals surface area contributed by atoms with Crippen LogP contribution in [-0.2, 0) is 18.6 Å². The maximum atomic E-state index is 4.45. The number of fused-ring (bicyclic) bond motifs is 1. The lowest BCUT2D eigenvalue weighted by Crippen LogP contribution is -2.30. The fraction of sp³-hybridized carbons (Fsp3) is 0.350. The molecule has 134 valence electrons. The molecule has 0 saturated carbocycles. The molecule has 1 aliphatic rings. The Labute approximate surface area is 158 Å². The van der Waals surface area contributed by atoms with Crippen LogP contribution in [0, 0.1) is 0 Å². The lowest BCUT2D eigenvalue weighted by atomic mass is 9.87. The van der Waals surface area contributed by atoms with Crippen molar-refractivity contribution in [2.45, 2.75) is 44.6 Å². The molecule has 26 heavy (non-hydrogen) atoms. The summed E-state index contributed by atoms with van der Waals surface area (Å²) in [4.78, 5) is 6.59. The number of hydrogen-bond donors (Lipinski definition) is 0. The van der Waals surface area contributed by atoms with E-state index >= 15 is 0 Å². The maximum Gasteiger partial charge on any atom is 0.193 e. The van der Waals surface area contributed by atoms with Gasteiger partial charge in [-0.2, -0.15) is 0 Å². The first-order chi connectivity index (χ1) is 12.5. The highest BCUT2D eigenvalue weighted by Gasteiger charge is 2.23. The van der Waals surface area contributed by atoms with Crippen molar-refractivity contribution in [2.24, 2.45) is 0 Å². The second-order valence-corrected chi connectivity index (χ2v) is 8.58. The average molecular weight is 366 g/mol. The summed E-state index contributed by atoms with van der Waals surface area (Å²) in [6.45, 7) is 8.36. The molecule has 1 aliphatic heterocycles. The van der Waals surface area contributed by atoms with Crippen molar-refractivity contribution in [1.29, 1.82) is 0 Å². The first-order valence-corrected chi connectivity index (χ1v) is 9.77. The fourth-order valence-corrected chi connectivity index (χ4v) is 3.96. The predicted octanol–water partition coefficient (Wildman–Crippen LogP) is 4.16. The molecule has 0 fully saturated rings. The molecule has 3 aromatic rings. The quantitative estimate of drug-likeness (QED) is 0.697. The summed E-state index contributed by atoms with van der Waals surface area (Å²) in [7, 11) is 0. The number of hydrogen-bond acceptors (Lipinski definition) is 5. The highest BCUT2D eigenvalue weighted by molar-refractivity contribution is 7.99. The normalized spacial score (nSPS) is 15.0. The smallest absolute Gasteiger partial charge is 0.193 e. The number of benzene rings is 1.